The lowest BCUT2D eigenvalue weighted by Gasteiger charge is -2.19. The third kappa shape index (κ3) is 2.97. The number of nitrogens with two attached hydrogens (primary N) is 1. The highest BCUT2D eigenvalue weighted by Crippen LogP contribution is 2.28. The van der Waals surface area contributed by atoms with Crippen LogP contribution >= 0.6 is 0 Å². The Morgan fingerprint density at radius 2 is 2.35 bits per heavy atom. The fourth-order valence-corrected chi connectivity index (χ4v) is 2.03. The molecule has 1 atom stereocenters. The summed E-state index contributed by atoms with van der Waals surface area (Å²) in [6, 6.07) is 6.02. The summed E-state index contributed by atoms with van der Waals surface area (Å²) in [6.07, 6.45) is 2.93. The van der Waals surface area contributed by atoms with Crippen LogP contribution in [0.15, 0.2) is 18.2 Å². The van der Waals surface area contributed by atoms with E-state index in [0.29, 0.717) is 0 Å². The van der Waals surface area contributed by atoms with Crippen molar-refractivity contribution in [3.63, 3.8) is 0 Å². The van der Waals surface area contributed by atoms with Gasteiger partial charge in [0.2, 0.25) is 0 Å². The quantitative estimate of drug-likeness (QED) is 0.833. The maximum Gasteiger partial charge on any atom is 0.262 e. The Kier molecular flexibility index (Phi) is 3.64. The van der Waals surface area contributed by atoms with E-state index in [1.54, 1.807) is 0 Å². The van der Waals surface area contributed by atoms with Crippen LogP contribution in [0.3, 0.4) is 0 Å². The van der Waals surface area contributed by atoms with Gasteiger partial charge in [-0.05, 0) is 30.5 Å². The van der Waals surface area contributed by atoms with Crippen LogP contribution in [0.25, 0.3) is 0 Å². The van der Waals surface area contributed by atoms with Crippen molar-refractivity contribution in [3.05, 3.63) is 23.8 Å². The van der Waals surface area contributed by atoms with E-state index in [1.165, 1.54) is 0 Å². The average Bonchev–Trinajstić information content (AvgIpc) is 2.28. The van der Waals surface area contributed by atoms with E-state index in [2.05, 4.69) is 12.2 Å². The van der Waals surface area contributed by atoms with Crippen LogP contribution in [0.2, 0.25) is 0 Å². The second kappa shape index (κ2) is 5.19. The van der Waals surface area contributed by atoms with E-state index in [4.69, 9.17) is 10.5 Å². The highest BCUT2D eigenvalue weighted by atomic mass is 16.5. The molecule has 1 aromatic carbocycles. The molecule has 1 heterocycles. The zero-order valence-electron chi connectivity index (χ0n) is 10.0. The Bertz CT molecular complexity index is 418. The Balaban J connectivity index is 2.10. The Labute approximate surface area is 101 Å². The topological polar surface area (TPSA) is 64.3 Å². The lowest BCUT2D eigenvalue weighted by molar-refractivity contribution is -0.118. The number of anilines is 1. The summed E-state index contributed by atoms with van der Waals surface area (Å²) in [5.74, 6) is 0.630. The summed E-state index contributed by atoms with van der Waals surface area (Å²) in [7, 11) is 0. The number of hydrogen-bond donors (Lipinski definition) is 2. The molecule has 1 amide bonds. The van der Waals surface area contributed by atoms with Crippen LogP contribution in [0.5, 0.6) is 5.75 Å². The highest BCUT2D eigenvalue weighted by molar-refractivity contribution is 5.95. The molecule has 1 aliphatic heterocycles. The van der Waals surface area contributed by atoms with Crippen LogP contribution < -0.4 is 15.8 Å². The first-order valence-corrected chi connectivity index (χ1v) is 6.00. The lowest BCUT2D eigenvalue weighted by atomic mass is 10.0. The minimum Gasteiger partial charge on any atom is -0.482 e. The lowest BCUT2D eigenvalue weighted by Crippen LogP contribution is -2.26. The van der Waals surface area contributed by atoms with Crippen molar-refractivity contribution < 1.29 is 9.53 Å². The molecule has 0 bridgehead atoms. The second-order valence-electron chi connectivity index (χ2n) is 4.42. The number of amides is 1. The maximum atomic E-state index is 11.2. The van der Waals surface area contributed by atoms with Crippen LogP contribution in [-0.2, 0) is 11.2 Å². The van der Waals surface area contributed by atoms with Crippen molar-refractivity contribution >= 4 is 11.6 Å². The molecular weight excluding hydrogens is 216 g/mol. The van der Waals surface area contributed by atoms with Crippen LogP contribution in [0.1, 0.15) is 25.3 Å². The number of benzene rings is 1. The zero-order chi connectivity index (χ0) is 12.3. The van der Waals surface area contributed by atoms with Crippen LogP contribution in [-0.4, -0.2) is 18.6 Å². The number of rotatable bonds is 4. The normalized spacial score (nSPS) is 15.8. The van der Waals surface area contributed by atoms with Crippen molar-refractivity contribution in [2.75, 3.05) is 11.9 Å². The predicted octanol–water partition coefficient (Wildman–Crippen LogP) is 1.69. The molecule has 17 heavy (non-hydrogen) atoms. The molecule has 0 saturated heterocycles. The van der Waals surface area contributed by atoms with Gasteiger partial charge in [-0.15, -0.1) is 0 Å². The molecule has 0 fully saturated rings. The van der Waals surface area contributed by atoms with Gasteiger partial charge in [0.15, 0.2) is 6.61 Å². The van der Waals surface area contributed by atoms with Gasteiger partial charge in [0, 0.05) is 6.04 Å². The maximum absolute atomic E-state index is 11.2. The predicted molar refractivity (Wildman–Crippen MR) is 67.2 cm³/mol. The van der Waals surface area contributed by atoms with Gasteiger partial charge in [0.1, 0.15) is 5.75 Å². The molecule has 92 valence electrons. The average molecular weight is 234 g/mol. The van der Waals surface area contributed by atoms with Crippen molar-refractivity contribution in [2.45, 2.75) is 32.2 Å². The molecule has 2 rings (SSSR count). The van der Waals surface area contributed by atoms with E-state index in [9.17, 15) is 4.79 Å². The molecule has 0 saturated carbocycles. The summed E-state index contributed by atoms with van der Waals surface area (Å²) >= 11 is 0. The number of carbonyl (C=O) groups is 1. The van der Waals surface area contributed by atoms with Gasteiger partial charge in [-0.1, -0.05) is 19.4 Å². The van der Waals surface area contributed by atoms with E-state index in [-0.39, 0.29) is 18.6 Å². The Hall–Kier alpha value is -1.55. The molecule has 0 spiro atoms. The first kappa shape index (κ1) is 11.9. The molecule has 3 N–H and O–H groups in total. The minimum atomic E-state index is -0.104. The monoisotopic (exact) mass is 234 g/mol. The summed E-state index contributed by atoms with van der Waals surface area (Å²) in [6.45, 7) is 2.22. The standard InChI is InChI=1S/C13H18N2O2/c1-2-3-10(14)6-9-4-5-12-11(7-9)15-13(16)8-17-12/h4-5,7,10H,2-3,6,8,14H2,1H3,(H,15,16). The molecular formula is C13H18N2O2. The smallest absolute Gasteiger partial charge is 0.262 e. The summed E-state index contributed by atoms with van der Waals surface area (Å²) in [5, 5.41) is 2.80. The number of ether oxygens (including phenoxy) is 1. The van der Waals surface area contributed by atoms with Gasteiger partial charge >= 0.3 is 0 Å². The van der Waals surface area contributed by atoms with Crippen LogP contribution in [0.4, 0.5) is 5.69 Å². The van der Waals surface area contributed by atoms with Crippen LogP contribution in [0, 0.1) is 0 Å². The van der Waals surface area contributed by atoms with E-state index in [1.807, 2.05) is 18.2 Å². The fourth-order valence-electron chi connectivity index (χ4n) is 2.03. The Morgan fingerprint density at radius 3 is 3.12 bits per heavy atom. The summed E-state index contributed by atoms with van der Waals surface area (Å²) in [5.41, 5.74) is 7.89. The third-order valence-electron chi connectivity index (χ3n) is 2.83. The second-order valence-corrected chi connectivity index (χ2v) is 4.42. The third-order valence-corrected chi connectivity index (χ3v) is 2.83. The molecule has 1 aromatic rings. The summed E-state index contributed by atoms with van der Waals surface area (Å²) < 4.78 is 5.30. The van der Waals surface area contributed by atoms with Gasteiger partial charge < -0.3 is 15.8 Å². The van der Waals surface area contributed by atoms with E-state index >= 15 is 0 Å². The minimum absolute atomic E-state index is 0.0989. The van der Waals surface area contributed by atoms with Gasteiger partial charge in [-0.25, -0.2) is 0 Å². The number of hydrogen-bond acceptors (Lipinski definition) is 3. The van der Waals surface area contributed by atoms with Gasteiger partial charge in [0.25, 0.3) is 5.91 Å². The SMILES string of the molecule is CCCC(N)Cc1ccc2c(c1)NC(=O)CO2. The zero-order valence-corrected chi connectivity index (χ0v) is 10.0. The molecule has 0 aliphatic carbocycles. The first-order valence-electron chi connectivity index (χ1n) is 6.00. The van der Waals surface area contributed by atoms with Crippen molar-refractivity contribution in [1.29, 1.82) is 0 Å². The first-order chi connectivity index (χ1) is 8.19. The van der Waals surface area contributed by atoms with Gasteiger partial charge in [0.05, 0.1) is 5.69 Å². The molecule has 0 aromatic heterocycles. The summed E-state index contributed by atoms with van der Waals surface area (Å²) in [4.78, 5) is 11.2. The number of fused-ring (bicyclic) bond motifs is 1. The van der Waals surface area contributed by atoms with Gasteiger partial charge in [-0.3, -0.25) is 4.79 Å². The molecule has 0 radical (unpaired) electrons. The van der Waals surface area contributed by atoms with Crippen molar-refractivity contribution in [3.8, 4) is 5.75 Å². The van der Waals surface area contributed by atoms with Crippen molar-refractivity contribution in [1.82, 2.24) is 0 Å². The molecule has 4 nitrogen and oxygen atoms in total. The number of carbonyl (C=O) groups excluding carboxylic acids is 1. The molecule has 1 aliphatic rings. The van der Waals surface area contributed by atoms with Gasteiger partial charge in [-0.2, -0.15) is 0 Å². The molecule has 1 unspecified atom stereocenters. The highest BCUT2D eigenvalue weighted by Gasteiger charge is 2.16. The number of nitrogens with one attached hydrogen (secondary N) is 1. The molecule has 4 heteroatoms. The van der Waals surface area contributed by atoms with E-state index in [0.717, 1.165) is 36.3 Å². The Morgan fingerprint density at radius 1 is 1.53 bits per heavy atom. The fraction of sp³-hybridized carbons (Fsp3) is 0.462. The van der Waals surface area contributed by atoms with Crippen molar-refractivity contribution in [2.24, 2.45) is 5.73 Å². The van der Waals surface area contributed by atoms with E-state index < -0.39 is 0 Å². The largest absolute Gasteiger partial charge is 0.482 e.